The number of carbonyl (C=O) groups excluding carboxylic acids is 1. The molecule has 0 aromatic heterocycles. The molecule has 1 aromatic rings. The monoisotopic (exact) mass is 236 g/mol. The number of rotatable bonds is 6. The van der Waals surface area contributed by atoms with Gasteiger partial charge in [0, 0.05) is 6.42 Å². The van der Waals surface area contributed by atoms with E-state index < -0.39 is 0 Å². The summed E-state index contributed by atoms with van der Waals surface area (Å²) >= 11 is 0. The molecule has 0 amide bonds. The molecule has 1 unspecified atom stereocenters. The third kappa shape index (κ3) is 4.57. The molecule has 17 heavy (non-hydrogen) atoms. The van der Waals surface area contributed by atoms with Gasteiger partial charge in [-0.05, 0) is 30.4 Å². The van der Waals surface area contributed by atoms with Crippen LogP contribution in [-0.2, 0) is 16.0 Å². The number of hydrogen-bond donors (Lipinski definition) is 1. The van der Waals surface area contributed by atoms with Crippen molar-refractivity contribution >= 4 is 5.97 Å². The highest BCUT2D eigenvalue weighted by molar-refractivity contribution is 5.69. The van der Waals surface area contributed by atoms with Crippen LogP contribution in [0.5, 0.6) is 0 Å². The summed E-state index contributed by atoms with van der Waals surface area (Å²) in [4.78, 5) is 10.9. The Hall–Kier alpha value is -1.35. The van der Waals surface area contributed by atoms with Crippen LogP contribution in [0.4, 0.5) is 0 Å². The van der Waals surface area contributed by atoms with E-state index >= 15 is 0 Å². The fourth-order valence-corrected chi connectivity index (χ4v) is 1.68. The van der Waals surface area contributed by atoms with Crippen molar-refractivity contribution < 1.29 is 14.6 Å². The largest absolute Gasteiger partial charge is 0.469 e. The third-order valence-corrected chi connectivity index (χ3v) is 2.83. The van der Waals surface area contributed by atoms with Crippen LogP contribution in [0.1, 0.15) is 43.4 Å². The molecule has 1 N–H and O–H groups in total. The minimum atomic E-state index is -0.376. The van der Waals surface area contributed by atoms with E-state index in [1.165, 1.54) is 12.7 Å². The molecule has 1 atom stereocenters. The van der Waals surface area contributed by atoms with Gasteiger partial charge in [-0.3, -0.25) is 4.79 Å². The standard InChI is InChI=1S/C14H20O3/c1-3-13(15)12-9-7-11(8-10-12)5-4-6-14(16)17-2/h7-10,13,15H,3-6H2,1-2H3. The fraction of sp³-hybridized carbons (Fsp3) is 0.500. The van der Waals surface area contributed by atoms with Crippen LogP contribution in [0.3, 0.4) is 0 Å². The van der Waals surface area contributed by atoms with Crippen molar-refractivity contribution in [2.45, 2.75) is 38.7 Å². The molecule has 94 valence electrons. The first-order valence-corrected chi connectivity index (χ1v) is 6.01. The van der Waals surface area contributed by atoms with Crippen LogP contribution in [0, 0.1) is 0 Å². The van der Waals surface area contributed by atoms with Crippen molar-refractivity contribution in [1.29, 1.82) is 0 Å². The second-order valence-corrected chi connectivity index (χ2v) is 4.10. The van der Waals surface area contributed by atoms with Crippen LogP contribution in [0.15, 0.2) is 24.3 Å². The van der Waals surface area contributed by atoms with Crippen molar-refractivity contribution in [3.63, 3.8) is 0 Å². The molecule has 0 saturated heterocycles. The van der Waals surface area contributed by atoms with Crippen molar-refractivity contribution in [3.05, 3.63) is 35.4 Å². The molecule has 0 radical (unpaired) electrons. The lowest BCUT2D eigenvalue weighted by molar-refractivity contribution is -0.140. The first-order chi connectivity index (χ1) is 8.17. The molecule has 1 rings (SSSR count). The summed E-state index contributed by atoms with van der Waals surface area (Å²) in [7, 11) is 1.41. The Balaban J connectivity index is 2.43. The van der Waals surface area contributed by atoms with Crippen LogP contribution in [-0.4, -0.2) is 18.2 Å². The maximum Gasteiger partial charge on any atom is 0.305 e. The van der Waals surface area contributed by atoms with Gasteiger partial charge < -0.3 is 9.84 Å². The molecule has 3 heteroatoms. The van der Waals surface area contributed by atoms with Gasteiger partial charge in [0.1, 0.15) is 0 Å². The second-order valence-electron chi connectivity index (χ2n) is 4.10. The predicted molar refractivity (Wildman–Crippen MR) is 66.6 cm³/mol. The average Bonchev–Trinajstić information content (AvgIpc) is 2.38. The predicted octanol–water partition coefficient (Wildman–Crippen LogP) is 2.63. The lowest BCUT2D eigenvalue weighted by Gasteiger charge is -2.08. The van der Waals surface area contributed by atoms with Crippen LogP contribution in [0.2, 0.25) is 0 Å². The molecule has 0 saturated carbocycles. The van der Waals surface area contributed by atoms with E-state index in [2.05, 4.69) is 4.74 Å². The summed E-state index contributed by atoms with van der Waals surface area (Å²) in [5, 5.41) is 9.64. The molecule has 0 aliphatic rings. The summed E-state index contributed by atoms with van der Waals surface area (Å²) < 4.78 is 4.58. The molecule has 0 aliphatic carbocycles. The van der Waals surface area contributed by atoms with Gasteiger partial charge >= 0.3 is 5.97 Å². The zero-order valence-corrected chi connectivity index (χ0v) is 10.5. The van der Waals surface area contributed by atoms with Crippen LogP contribution >= 0.6 is 0 Å². The second kappa shape index (κ2) is 7.07. The zero-order valence-electron chi connectivity index (χ0n) is 10.5. The third-order valence-electron chi connectivity index (χ3n) is 2.83. The minimum Gasteiger partial charge on any atom is -0.469 e. The highest BCUT2D eigenvalue weighted by Crippen LogP contribution is 2.17. The van der Waals surface area contributed by atoms with E-state index in [1.54, 1.807) is 0 Å². The minimum absolute atomic E-state index is 0.164. The topological polar surface area (TPSA) is 46.5 Å². The Labute approximate surface area is 102 Å². The molecular formula is C14H20O3. The first-order valence-electron chi connectivity index (χ1n) is 6.01. The Kier molecular flexibility index (Phi) is 5.70. The molecule has 0 fully saturated rings. The molecular weight excluding hydrogens is 216 g/mol. The van der Waals surface area contributed by atoms with Gasteiger partial charge in [0.15, 0.2) is 0 Å². The van der Waals surface area contributed by atoms with Crippen LogP contribution < -0.4 is 0 Å². The SMILES string of the molecule is CCC(O)c1ccc(CCCC(=O)OC)cc1. The maximum atomic E-state index is 10.9. The molecule has 0 bridgehead atoms. The van der Waals surface area contributed by atoms with E-state index in [4.69, 9.17) is 0 Å². The molecule has 0 spiro atoms. The summed E-state index contributed by atoms with van der Waals surface area (Å²) in [6.07, 6.45) is 2.46. The number of ether oxygens (including phenoxy) is 1. The average molecular weight is 236 g/mol. The Bertz CT molecular complexity index is 343. The van der Waals surface area contributed by atoms with Gasteiger partial charge in [0.25, 0.3) is 0 Å². The zero-order chi connectivity index (χ0) is 12.7. The summed E-state index contributed by atoms with van der Waals surface area (Å²) in [6.45, 7) is 1.95. The van der Waals surface area contributed by atoms with E-state index in [0.29, 0.717) is 6.42 Å². The van der Waals surface area contributed by atoms with Gasteiger partial charge in [0.2, 0.25) is 0 Å². The smallest absolute Gasteiger partial charge is 0.305 e. The van der Waals surface area contributed by atoms with Gasteiger partial charge in [-0.2, -0.15) is 0 Å². The van der Waals surface area contributed by atoms with E-state index in [-0.39, 0.29) is 12.1 Å². The molecule has 0 heterocycles. The number of aliphatic hydroxyl groups excluding tert-OH is 1. The van der Waals surface area contributed by atoms with Gasteiger partial charge in [-0.15, -0.1) is 0 Å². The van der Waals surface area contributed by atoms with Crippen molar-refractivity contribution in [2.24, 2.45) is 0 Å². The van der Waals surface area contributed by atoms with Crippen molar-refractivity contribution in [1.82, 2.24) is 0 Å². The number of aliphatic hydroxyl groups is 1. The van der Waals surface area contributed by atoms with Gasteiger partial charge in [-0.25, -0.2) is 0 Å². The number of carbonyl (C=O) groups is 1. The number of hydrogen-bond acceptors (Lipinski definition) is 3. The summed E-state index contributed by atoms with van der Waals surface area (Å²) in [5.74, 6) is -0.164. The highest BCUT2D eigenvalue weighted by atomic mass is 16.5. The number of esters is 1. The van der Waals surface area contributed by atoms with Crippen LogP contribution in [0.25, 0.3) is 0 Å². The Morgan fingerprint density at radius 3 is 2.53 bits per heavy atom. The Morgan fingerprint density at radius 2 is 2.00 bits per heavy atom. The number of aryl methyl sites for hydroxylation is 1. The fourth-order valence-electron chi connectivity index (χ4n) is 1.68. The van der Waals surface area contributed by atoms with Crippen molar-refractivity contribution in [3.8, 4) is 0 Å². The quantitative estimate of drug-likeness (QED) is 0.772. The first kappa shape index (κ1) is 13.7. The van der Waals surface area contributed by atoms with E-state index in [0.717, 1.165) is 24.8 Å². The summed E-state index contributed by atoms with van der Waals surface area (Å²) in [5.41, 5.74) is 2.13. The van der Waals surface area contributed by atoms with Crippen molar-refractivity contribution in [2.75, 3.05) is 7.11 Å². The number of methoxy groups -OCH3 is 1. The highest BCUT2D eigenvalue weighted by Gasteiger charge is 2.04. The lowest BCUT2D eigenvalue weighted by Crippen LogP contribution is -2.00. The van der Waals surface area contributed by atoms with Gasteiger partial charge in [-0.1, -0.05) is 31.2 Å². The Morgan fingerprint density at radius 1 is 1.35 bits per heavy atom. The maximum absolute atomic E-state index is 10.9. The lowest BCUT2D eigenvalue weighted by atomic mass is 10.0. The molecule has 1 aromatic carbocycles. The van der Waals surface area contributed by atoms with Gasteiger partial charge in [0.05, 0.1) is 13.2 Å². The molecule has 3 nitrogen and oxygen atoms in total. The van der Waals surface area contributed by atoms with E-state index in [1.807, 2.05) is 31.2 Å². The van der Waals surface area contributed by atoms with E-state index in [9.17, 15) is 9.90 Å². The molecule has 0 aliphatic heterocycles. The number of benzene rings is 1. The normalized spacial score (nSPS) is 12.2. The summed E-state index contributed by atoms with van der Waals surface area (Å²) in [6, 6.07) is 7.90.